The minimum atomic E-state index is 0.321. The minimum Gasteiger partial charge on any atom is -0.341 e. The number of hydrogen-bond donors (Lipinski definition) is 1. The van der Waals surface area contributed by atoms with Crippen molar-refractivity contribution in [2.75, 3.05) is 18.0 Å². The molecular formula is C13H20N6. The summed E-state index contributed by atoms with van der Waals surface area (Å²) in [4.78, 5) is 11.3. The zero-order valence-corrected chi connectivity index (χ0v) is 11.5. The van der Waals surface area contributed by atoms with Gasteiger partial charge in [-0.1, -0.05) is 13.8 Å². The third-order valence-electron chi connectivity index (χ3n) is 3.73. The fourth-order valence-electron chi connectivity index (χ4n) is 2.46. The summed E-state index contributed by atoms with van der Waals surface area (Å²) < 4.78 is 1.74. The van der Waals surface area contributed by atoms with Gasteiger partial charge in [0.25, 0.3) is 0 Å². The van der Waals surface area contributed by atoms with Gasteiger partial charge in [0.15, 0.2) is 5.65 Å². The highest BCUT2D eigenvalue weighted by molar-refractivity contribution is 5.51. The van der Waals surface area contributed by atoms with Crippen LogP contribution in [0.1, 0.15) is 38.2 Å². The van der Waals surface area contributed by atoms with E-state index in [1.54, 1.807) is 10.8 Å². The first-order valence-electron chi connectivity index (χ1n) is 6.86. The fraction of sp³-hybridized carbons (Fsp3) is 0.615. The van der Waals surface area contributed by atoms with E-state index in [0.717, 1.165) is 43.1 Å². The van der Waals surface area contributed by atoms with Crippen molar-refractivity contribution in [2.45, 2.75) is 38.6 Å². The van der Waals surface area contributed by atoms with E-state index in [1.165, 1.54) is 0 Å². The van der Waals surface area contributed by atoms with Crippen LogP contribution in [0.3, 0.4) is 0 Å². The molecule has 102 valence electrons. The predicted molar refractivity (Wildman–Crippen MR) is 74.3 cm³/mol. The average molecular weight is 260 g/mol. The number of nitrogens with two attached hydrogens (primary N) is 1. The largest absolute Gasteiger partial charge is 0.341 e. The first kappa shape index (κ1) is 12.3. The van der Waals surface area contributed by atoms with Crippen LogP contribution in [-0.4, -0.2) is 38.7 Å². The lowest BCUT2D eigenvalue weighted by Gasteiger charge is -2.30. The smallest absolute Gasteiger partial charge is 0.228 e. The molecule has 1 saturated heterocycles. The summed E-state index contributed by atoms with van der Waals surface area (Å²) in [6.45, 7) is 6.17. The van der Waals surface area contributed by atoms with E-state index >= 15 is 0 Å². The van der Waals surface area contributed by atoms with Crippen molar-refractivity contribution in [2.24, 2.45) is 5.73 Å². The van der Waals surface area contributed by atoms with Gasteiger partial charge >= 0.3 is 0 Å². The van der Waals surface area contributed by atoms with Crippen LogP contribution in [0.25, 0.3) is 5.65 Å². The Morgan fingerprint density at radius 1 is 1.32 bits per heavy atom. The standard InChI is InChI=1S/C13H20N6/c1-9(2)11-7-16-19-8-15-13(17-12(11)19)18-5-3-10(14)4-6-18/h7-10H,3-6,14H2,1-2H3. The first-order chi connectivity index (χ1) is 9.15. The summed E-state index contributed by atoms with van der Waals surface area (Å²) in [6.07, 6.45) is 5.64. The zero-order valence-electron chi connectivity index (χ0n) is 11.5. The predicted octanol–water partition coefficient (Wildman–Crippen LogP) is 1.18. The first-order valence-corrected chi connectivity index (χ1v) is 6.86. The molecule has 1 aliphatic heterocycles. The third kappa shape index (κ3) is 2.28. The monoisotopic (exact) mass is 260 g/mol. The van der Waals surface area contributed by atoms with Crippen molar-refractivity contribution in [1.82, 2.24) is 19.6 Å². The van der Waals surface area contributed by atoms with E-state index in [1.807, 2.05) is 6.20 Å². The molecule has 0 aliphatic carbocycles. The van der Waals surface area contributed by atoms with Crippen LogP contribution in [0.15, 0.2) is 12.5 Å². The Bertz CT molecular complexity index is 568. The van der Waals surface area contributed by atoms with Crippen molar-refractivity contribution in [1.29, 1.82) is 0 Å². The highest BCUT2D eigenvalue weighted by Gasteiger charge is 2.19. The number of anilines is 1. The molecule has 0 spiro atoms. The molecule has 0 aromatic carbocycles. The molecular weight excluding hydrogens is 240 g/mol. The van der Waals surface area contributed by atoms with Crippen LogP contribution in [0.5, 0.6) is 0 Å². The van der Waals surface area contributed by atoms with Gasteiger partial charge < -0.3 is 10.6 Å². The van der Waals surface area contributed by atoms with Crippen LogP contribution >= 0.6 is 0 Å². The van der Waals surface area contributed by atoms with Crippen LogP contribution < -0.4 is 10.6 Å². The van der Waals surface area contributed by atoms with Gasteiger partial charge in [-0.3, -0.25) is 0 Å². The number of nitrogens with zero attached hydrogens (tertiary/aromatic N) is 5. The van der Waals surface area contributed by atoms with E-state index in [2.05, 4.69) is 33.8 Å². The molecule has 0 atom stereocenters. The van der Waals surface area contributed by atoms with Gasteiger partial charge in [-0.05, 0) is 18.8 Å². The van der Waals surface area contributed by atoms with Gasteiger partial charge in [-0.2, -0.15) is 10.1 Å². The van der Waals surface area contributed by atoms with E-state index in [4.69, 9.17) is 5.73 Å². The van der Waals surface area contributed by atoms with E-state index in [-0.39, 0.29) is 0 Å². The average Bonchev–Trinajstić information content (AvgIpc) is 2.82. The topological polar surface area (TPSA) is 72.3 Å². The van der Waals surface area contributed by atoms with Crippen molar-refractivity contribution in [3.8, 4) is 0 Å². The molecule has 3 heterocycles. The molecule has 2 N–H and O–H groups in total. The second-order valence-electron chi connectivity index (χ2n) is 5.50. The van der Waals surface area contributed by atoms with Crippen LogP contribution in [0.2, 0.25) is 0 Å². The molecule has 0 bridgehead atoms. The highest BCUT2D eigenvalue weighted by Crippen LogP contribution is 2.21. The maximum absolute atomic E-state index is 5.93. The van der Waals surface area contributed by atoms with Gasteiger partial charge in [0.2, 0.25) is 5.95 Å². The number of aromatic nitrogens is 4. The van der Waals surface area contributed by atoms with Gasteiger partial charge in [0, 0.05) is 24.7 Å². The van der Waals surface area contributed by atoms with Gasteiger partial charge in [-0.25, -0.2) is 9.50 Å². The molecule has 2 aromatic heterocycles. The molecule has 3 rings (SSSR count). The molecule has 1 fully saturated rings. The van der Waals surface area contributed by atoms with Crippen molar-refractivity contribution in [3.63, 3.8) is 0 Å². The minimum absolute atomic E-state index is 0.321. The lowest BCUT2D eigenvalue weighted by atomic mass is 10.1. The van der Waals surface area contributed by atoms with Crippen LogP contribution in [-0.2, 0) is 0 Å². The molecule has 0 amide bonds. The Kier molecular flexibility index (Phi) is 3.10. The second-order valence-corrected chi connectivity index (χ2v) is 5.50. The van der Waals surface area contributed by atoms with E-state index in [0.29, 0.717) is 12.0 Å². The second kappa shape index (κ2) is 4.77. The van der Waals surface area contributed by atoms with Crippen molar-refractivity contribution in [3.05, 3.63) is 18.1 Å². The Hall–Kier alpha value is -1.69. The summed E-state index contributed by atoms with van der Waals surface area (Å²) in [6, 6.07) is 0.321. The summed E-state index contributed by atoms with van der Waals surface area (Å²) in [5.41, 5.74) is 8.01. The maximum atomic E-state index is 5.93. The molecule has 1 aliphatic rings. The van der Waals surface area contributed by atoms with Crippen LogP contribution in [0.4, 0.5) is 5.95 Å². The van der Waals surface area contributed by atoms with Gasteiger partial charge in [0.05, 0.1) is 6.20 Å². The van der Waals surface area contributed by atoms with Gasteiger partial charge in [0.1, 0.15) is 6.33 Å². The Labute approximate surface area is 112 Å². The summed E-state index contributed by atoms with van der Waals surface area (Å²) in [7, 11) is 0. The number of rotatable bonds is 2. The summed E-state index contributed by atoms with van der Waals surface area (Å²) in [5, 5.41) is 4.29. The normalized spacial score (nSPS) is 17.6. The molecule has 2 aromatic rings. The number of fused-ring (bicyclic) bond motifs is 1. The lowest BCUT2D eigenvalue weighted by molar-refractivity contribution is 0.495. The molecule has 6 heteroatoms. The summed E-state index contributed by atoms with van der Waals surface area (Å²) >= 11 is 0. The Morgan fingerprint density at radius 3 is 2.74 bits per heavy atom. The fourth-order valence-corrected chi connectivity index (χ4v) is 2.46. The van der Waals surface area contributed by atoms with Crippen LogP contribution in [0, 0.1) is 0 Å². The lowest BCUT2D eigenvalue weighted by Crippen LogP contribution is -2.40. The van der Waals surface area contributed by atoms with E-state index in [9.17, 15) is 0 Å². The third-order valence-corrected chi connectivity index (χ3v) is 3.73. The molecule has 19 heavy (non-hydrogen) atoms. The number of hydrogen-bond acceptors (Lipinski definition) is 5. The molecule has 0 radical (unpaired) electrons. The Balaban J connectivity index is 1.94. The molecule has 0 saturated carbocycles. The van der Waals surface area contributed by atoms with E-state index < -0.39 is 0 Å². The Morgan fingerprint density at radius 2 is 2.05 bits per heavy atom. The summed E-state index contributed by atoms with van der Waals surface area (Å²) in [5.74, 6) is 1.21. The highest BCUT2D eigenvalue weighted by atomic mass is 15.3. The van der Waals surface area contributed by atoms with Crippen molar-refractivity contribution < 1.29 is 0 Å². The molecule has 0 unspecified atom stereocenters. The number of piperidine rings is 1. The zero-order chi connectivity index (χ0) is 13.4. The van der Waals surface area contributed by atoms with Crippen molar-refractivity contribution >= 4 is 11.6 Å². The SMILES string of the molecule is CC(C)c1cnn2cnc(N3CCC(N)CC3)nc12. The quantitative estimate of drug-likeness (QED) is 0.877. The maximum Gasteiger partial charge on any atom is 0.228 e. The molecule has 6 nitrogen and oxygen atoms in total. The van der Waals surface area contributed by atoms with Gasteiger partial charge in [-0.15, -0.1) is 0 Å².